The summed E-state index contributed by atoms with van der Waals surface area (Å²) in [5.74, 6) is 0.406. The van der Waals surface area contributed by atoms with E-state index in [1.165, 1.54) is 0 Å². The molecule has 124 valence electrons. The number of halogens is 1. The molecule has 0 aliphatic heterocycles. The maximum Gasteiger partial charge on any atom is 0.340 e. The van der Waals surface area contributed by atoms with Crippen molar-refractivity contribution in [3.05, 3.63) is 58.7 Å². The molecule has 5 heteroatoms. The second-order valence-corrected chi connectivity index (χ2v) is 5.81. The Morgan fingerprint density at radius 2 is 1.88 bits per heavy atom. The number of nitrogens with zero attached hydrogens (tertiary/aromatic N) is 1. The largest absolute Gasteiger partial charge is 0.497 e. The molecule has 0 N–H and O–H groups in total. The highest BCUT2D eigenvalue weighted by Gasteiger charge is 2.22. The first kappa shape index (κ1) is 16.4. The van der Waals surface area contributed by atoms with Gasteiger partial charge in [0.25, 0.3) is 0 Å². The third kappa shape index (κ3) is 2.74. The summed E-state index contributed by atoms with van der Waals surface area (Å²) < 4.78 is 12.6. The van der Waals surface area contributed by atoms with E-state index in [0.29, 0.717) is 17.2 Å². The van der Waals surface area contributed by atoms with Crippen molar-refractivity contribution >= 4 is 28.5 Å². The lowest BCUT2D eigenvalue weighted by molar-refractivity contribution is 0.0527. The SMILES string of the molecule is CCOC(=O)c1c(C)n(-c2ccc(Cl)cc2)c2cc(OC)ccc12. The van der Waals surface area contributed by atoms with Crippen molar-refractivity contribution in [2.24, 2.45) is 0 Å². The first-order chi connectivity index (χ1) is 11.6. The smallest absolute Gasteiger partial charge is 0.340 e. The van der Waals surface area contributed by atoms with Gasteiger partial charge in [-0.2, -0.15) is 0 Å². The Morgan fingerprint density at radius 3 is 2.50 bits per heavy atom. The summed E-state index contributed by atoms with van der Waals surface area (Å²) in [6, 6.07) is 13.1. The fourth-order valence-electron chi connectivity index (χ4n) is 2.91. The average Bonchev–Trinajstić information content (AvgIpc) is 2.87. The molecule has 0 bridgehead atoms. The second-order valence-electron chi connectivity index (χ2n) is 5.38. The van der Waals surface area contributed by atoms with Crippen molar-refractivity contribution in [2.45, 2.75) is 13.8 Å². The number of fused-ring (bicyclic) bond motifs is 1. The number of hydrogen-bond donors (Lipinski definition) is 0. The molecule has 3 rings (SSSR count). The molecule has 0 fully saturated rings. The van der Waals surface area contributed by atoms with Gasteiger partial charge in [0.2, 0.25) is 0 Å². The molecule has 2 aromatic carbocycles. The van der Waals surface area contributed by atoms with Crippen LogP contribution < -0.4 is 4.74 Å². The quantitative estimate of drug-likeness (QED) is 0.640. The number of ether oxygens (including phenoxy) is 2. The van der Waals surface area contributed by atoms with Crippen LogP contribution in [0.2, 0.25) is 5.02 Å². The first-order valence-corrected chi connectivity index (χ1v) is 8.06. The first-order valence-electron chi connectivity index (χ1n) is 7.69. The molecule has 4 nitrogen and oxygen atoms in total. The molecule has 0 spiro atoms. The van der Waals surface area contributed by atoms with Crippen molar-refractivity contribution in [1.82, 2.24) is 4.57 Å². The molecule has 0 atom stereocenters. The molecular formula is C19H18ClNO3. The average molecular weight is 344 g/mol. The predicted molar refractivity (Wildman–Crippen MR) is 95.5 cm³/mol. The number of hydrogen-bond acceptors (Lipinski definition) is 3. The summed E-state index contributed by atoms with van der Waals surface area (Å²) in [6.45, 7) is 4.05. The van der Waals surface area contributed by atoms with E-state index in [-0.39, 0.29) is 5.97 Å². The van der Waals surface area contributed by atoms with Crippen molar-refractivity contribution in [3.63, 3.8) is 0 Å². The Labute approximate surface area is 145 Å². The minimum Gasteiger partial charge on any atom is -0.497 e. The van der Waals surface area contributed by atoms with Gasteiger partial charge in [-0.15, -0.1) is 0 Å². The van der Waals surface area contributed by atoms with Crippen LogP contribution in [0.4, 0.5) is 0 Å². The van der Waals surface area contributed by atoms with Gasteiger partial charge in [-0.05, 0) is 50.2 Å². The third-order valence-electron chi connectivity index (χ3n) is 3.98. The van der Waals surface area contributed by atoms with E-state index in [0.717, 1.165) is 28.0 Å². The van der Waals surface area contributed by atoms with E-state index < -0.39 is 0 Å². The lowest BCUT2D eigenvalue weighted by Crippen LogP contribution is -2.07. The van der Waals surface area contributed by atoms with Gasteiger partial charge in [0.05, 0.1) is 24.8 Å². The van der Waals surface area contributed by atoms with Crippen molar-refractivity contribution < 1.29 is 14.3 Å². The van der Waals surface area contributed by atoms with Crippen LogP contribution >= 0.6 is 11.6 Å². The zero-order chi connectivity index (χ0) is 17.3. The predicted octanol–water partition coefficient (Wildman–Crippen LogP) is 4.78. The summed E-state index contributed by atoms with van der Waals surface area (Å²) >= 11 is 6.00. The Bertz CT molecular complexity index is 897. The summed E-state index contributed by atoms with van der Waals surface area (Å²) in [7, 11) is 1.62. The minimum absolute atomic E-state index is 0.321. The third-order valence-corrected chi connectivity index (χ3v) is 4.23. The van der Waals surface area contributed by atoms with Crippen LogP contribution in [-0.2, 0) is 4.74 Å². The highest BCUT2D eigenvalue weighted by molar-refractivity contribution is 6.30. The molecule has 1 heterocycles. The van der Waals surface area contributed by atoms with Crippen molar-refractivity contribution in [2.75, 3.05) is 13.7 Å². The van der Waals surface area contributed by atoms with E-state index in [1.54, 1.807) is 14.0 Å². The van der Waals surface area contributed by atoms with Crippen LogP contribution in [-0.4, -0.2) is 24.3 Å². The zero-order valence-electron chi connectivity index (χ0n) is 13.8. The van der Waals surface area contributed by atoms with E-state index in [2.05, 4.69) is 0 Å². The molecule has 0 saturated heterocycles. The molecule has 0 aliphatic carbocycles. The summed E-state index contributed by atoms with van der Waals surface area (Å²) in [5.41, 5.74) is 3.20. The Hall–Kier alpha value is -2.46. The Balaban J connectivity index is 2.32. The fourth-order valence-corrected chi connectivity index (χ4v) is 3.03. The van der Waals surface area contributed by atoms with Gasteiger partial charge in [0.1, 0.15) is 5.75 Å². The molecule has 0 radical (unpaired) electrons. The van der Waals surface area contributed by atoms with Crippen LogP contribution in [0, 0.1) is 6.92 Å². The minimum atomic E-state index is -0.321. The second kappa shape index (κ2) is 6.57. The number of carbonyl (C=O) groups excluding carboxylic acids is 1. The summed E-state index contributed by atoms with van der Waals surface area (Å²) in [5, 5.41) is 1.50. The number of methoxy groups -OCH3 is 1. The van der Waals surface area contributed by atoms with Crippen LogP contribution in [0.25, 0.3) is 16.6 Å². The topological polar surface area (TPSA) is 40.5 Å². The van der Waals surface area contributed by atoms with Gasteiger partial charge in [0, 0.05) is 27.9 Å². The fraction of sp³-hybridized carbons (Fsp3) is 0.211. The van der Waals surface area contributed by atoms with E-state index in [4.69, 9.17) is 21.1 Å². The number of esters is 1. The van der Waals surface area contributed by atoms with E-state index >= 15 is 0 Å². The molecule has 0 unspecified atom stereocenters. The van der Waals surface area contributed by atoms with Crippen LogP contribution in [0.3, 0.4) is 0 Å². The molecule has 24 heavy (non-hydrogen) atoms. The standard InChI is InChI=1S/C19H18ClNO3/c1-4-24-19(22)18-12(2)21(14-7-5-13(20)6-8-14)17-11-15(23-3)9-10-16(17)18/h5-11H,4H2,1-3H3. The number of aromatic nitrogens is 1. The number of rotatable bonds is 4. The summed E-state index contributed by atoms with van der Waals surface area (Å²) in [6.07, 6.45) is 0. The maximum atomic E-state index is 12.4. The molecule has 1 aromatic heterocycles. The van der Waals surface area contributed by atoms with Crippen molar-refractivity contribution in [3.8, 4) is 11.4 Å². The van der Waals surface area contributed by atoms with E-state index in [1.807, 2.05) is 54.0 Å². The lowest BCUT2D eigenvalue weighted by atomic mass is 10.1. The van der Waals surface area contributed by atoms with Gasteiger partial charge in [-0.1, -0.05) is 11.6 Å². The lowest BCUT2D eigenvalue weighted by Gasteiger charge is -2.09. The summed E-state index contributed by atoms with van der Waals surface area (Å²) in [4.78, 5) is 12.4. The van der Waals surface area contributed by atoms with Gasteiger partial charge in [0.15, 0.2) is 0 Å². The Morgan fingerprint density at radius 1 is 1.17 bits per heavy atom. The van der Waals surface area contributed by atoms with Crippen LogP contribution in [0.1, 0.15) is 23.0 Å². The molecule has 3 aromatic rings. The van der Waals surface area contributed by atoms with Gasteiger partial charge < -0.3 is 14.0 Å². The molecule has 0 aliphatic rings. The molecule has 0 saturated carbocycles. The number of benzene rings is 2. The Kier molecular flexibility index (Phi) is 4.49. The molecule has 0 amide bonds. The zero-order valence-corrected chi connectivity index (χ0v) is 14.6. The normalized spacial score (nSPS) is 10.8. The van der Waals surface area contributed by atoms with Crippen LogP contribution in [0.5, 0.6) is 5.75 Å². The van der Waals surface area contributed by atoms with Gasteiger partial charge >= 0.3 is 5.97 Å². The molecular weight excluding hydrogens is 326 g/mol. The van der Waals surface area contributed by atoms with Crippen LogP contribution in [0.15, 0.2) is 42.5 Å². The van der Waals surface area contributed by atoms with E-state index in [9.17, 15) is 4.79 Å². The number of carbonyl (C=O) groups is 1. The van der Waals surface area contributed by atoms with Crippen molar-refractivity contribution in [1.29, 1.82) is 0 Å². The maximum absolute atomic E-state index is 12.4. The monoisotopic (exact) mass is 343 g/mol. The van der Waals surface area contributed by atoms with Gasteiger partial charge in [-0.25, -0.2) is 4.79 Å². The highest BCUT2D eigenvalue weighted by Crippen LogP contribution is 2.32. The van der Waals surface area contributed by atoms with Gasteiger partial charge in [-0.3, -0.25) is 0 Å². The highest BCUT2D eigenvalue weighted by atomic mass is 35.5.